The van der Waals surface area contributed by atoms with Crippen molar-refractivity contribution < 1.29 is 9.66 Å². The van der Waals surface area contributed by atoms with E-state index in [-0.39, 0.29) is 5.69 Å². The molecule has 0 amide bonds. The van der Waals surface area contributed by atoms with E-state index in [4.69, 9.17) is 4.74 Å². The van der Waals surface area contributed by atoms with E-state index in [0.717, 1.165) is 11.3 Å². The molecule has 88 valence electrons. The molecule has 1 rings (SSSR count). The molecule has 0 aliphatic carbocycles. The van der Waals surface area contributed by atoms with Crippen LogP contribution in [-0.4, -0.2) is 23.5 Å². The fourth-order valence-corrected chi connectivity index (χ4v) is 1.74. The second-order valence-corrected chi connectivity index (χ2v) is 4.58. The van der Waals surface area contributed by atoms with Gasteiger partial charge in [-0.2, -0.15) is 11.8 Å². The third-order valence-corrected chi connectivity index (χ3v) is 3.14. The van der Waals surface area contributed by atoms with Crippen molar-refractivity contribution in [3.63, 3.8) is 0 Å². The SMILES string of the molecule is CSCCOc1cc(CBr)ccc1[N+](=O)[O-]. The zero-order chi connectivity index (χ0) is 12.0. The van der Waals surface area contributed by atoms with Crippen molar-refractivity contribution in [1.82, 2.24) is 0 Å². The Morgan fingerprint density at radius 2 is 2.31 bits per heavy atom. The highest BCUT2D eigenvalue weighted by Gasteiger charge is 2.15. The highest BCUT2D eigenvalue weighted by molar-refractivity contribution is 9.08. The minimum atomic E-state index is -0.424. The van der Waals surface area contributed by atoms with E-state index < -0.39 is 4.92 Å². The van der Waals surface area contributed by atoms with Gasteiger partial charge in [0, 0.05) is 17.1 Å². The molecule has 0 spiro atoms. The maximum absolute atomic E-state index is 10.8. The number of benzene rings is 1. The number of rotatable bonds is 6. The number of nitro benzene ring substituents is 1. The monoisotopic (exact) mass is 305 g/mol. The minimum absolute atomic E-state index is 0.0193. The van der Waals surface area contributed by atoms with Crippen molar-refractivity contribution in [3.8, 4) is 5.75 Å². The number of nitro groups is 1. The number of halogens is 1. The molecule has 6 heteroatoms. The molecule has 0 bridgehead atoms. The first-order valence-corrected chi connectivity index (χ1v) is 7.15. The van der Waals surface area contributed by atoms with Crippen molar-refractivity contribution in [1.29, 1.82) is 0 Å². The lowest BCUT2D eigenvalue weighted by molar-refractivity contribution is -0.385. The number of hydrogen-bond donors (Lipinski definition) is 0. The molecule has 0 aromatic heterocycles. The first-order chi connectivity index (χ1) is 7.69. The molecule has 4 nitrogen and oxygen atoms in total. The lowest BCUT2D eigenvalue weighted by Crippen LogP contribution is -2.02. The Bertz CT molecular complexity index is 373. The number of nitrogens with zero attached hydrogens (tertiary/aromatic N) is 1. The summed E-state index contributed by atoms with van der Waals surface area (Å²) < 4.78 is 5.40. The second-order valence-electron chi connectivity index (χ2n) is 3.03. The van der Waals surface area contributed by atoms with Crippen LogP contribution < -0.4 is 4.74 Å². The molecule has 0 atom stereocenters. The predicted octanol–water partition coefficient (Wildman–Crippen LogP) is 3.23. The third kappa shape index (κ3) is 3.68. The third-order valence-electron chi connectivity index (χ3n) is 1.92. The Balaban J connectivity index is 2.87. The van der Waals surface area contributed by atoms with E-state index in [1.165, 1.54) is 6.07 Å². The van der Waals surface area contributed by atoms with Crippen LogP contribution in [0.3, 0.4) is 0 Å². The van der Waals surface area contributed by atoms with Gasteiger partial charge < -0.3 is 4.74 Å². The Morgan fingerprint density at radius 3 is 2.88 bits per heavy atom. The molecule has 0 aliphatic heterocycles. The van der Waals surface area contributed by atoms with Crippen LogP contribution in [0.15, 0.2) is 18.2 Å². The van der Waals surface area contributed by atoms with Gasteiger partial charge in [0.25, 0.3) is 0 Å². The maximum Gasteiger partial charge on any atom is 0.310 e. The smallest absolute Gasteiger partial charge is 0.310 e. The zero-order valence-electron chi connectivity index (χ0n) is 8.81. The average Bonchev–Trinajstić information content (AvgIpc) is 2.29. The molecular weight excluding hydrogens is 294 g/mol. The van der Waals surface area contributed by atoms with Gasteiger partial charge in [0.1, 0.15) is 0 Å². The van der Waals surface area contributed by atoms with Gasteiger partial charge in [0.2, 0.25) is 0 Å². The lowest BCUT2D eigenvalue weighted by Gasteiger charge is -2.07. The van der Waals surface area contributed by atoms with Crippen LogP contribution in [0, 0.1) is 10.1 Å². The minimum Gasteiger partial charge on any atom is -0.486 e. The van der Waals surface area contributed by atoms with E-state index in [1.807, 2.05) is 6.26 Å². The average molecular weight is 306 g/mol. The molecule has 0 saturated heterocycles. The normalized spacial score (nSPS) is 10.1. The first-order valence-electron chi connectivity index (χ1n) is 4.64. The highest BCUT2D eigenvalue weighted by atomic mass is 79.9. The quantitative estimate of drug-likeness (QED) is 0.350. The van der Waals surface area contributed by atoms with E-state index >= 15 is 0 Å². The standard InChI is InChI=1S/C10H12BrNO3S/c1-16-5-4-15-10-6-8(7-11)2-3-9(10)12(13)14/h2-3,6H,4-5,7H2,1H3. The molecular formula is C10H12BrNO3S. The van der Waals surface area contributed by atoms with Crippen LogP contribution >= 0.6 is 27.7 Å². The number of alkyl halides is 1. The number of hydrogen-bond acceptors (Lipinski definition) is 4. The Labute approximate surface area is 107 Å². The summed E-state index contributed by atoms with van der Waals surface area (Å²) in [5.41, 5.74) is 0.982. The van der Waals surface area contributed by atoms with Crippen molar-refractivity contribution in [2.24, 2.45) is 0 Å². The van der Waals surface area contributed by atoms with Crippen LogP contribution in [0.5, 0.6) is 5.75 Å². The predicted molar refractivity (Wildman–Crippen MR) is 69.6 cm³/mol. The fourth-order valence-electron chi connectivity index (χ4n) is 1.14. The molecule has 0 saturated carbocycles. The number of ether oxygens (including phenoxy) is 1. The van der Waals surface area contributed by atoms with Crippen molar-refractivity contribution in [2.45, 2.75) is 5.33 Å². The van der Waals surface area contributed by atoms with Crippen LogP contribution in [-0.2, 0) is 5.33 Å². The van der Waals surface area contributed by atoms with Crippen molar-refractivity contribution >= 4 is 33.4 Å². The summed E-state index contributed by atoms with van der Waals surface area (Å²) in [5.74, 6) is 1.16. The highest BCUT2D eigenvalue weighted by Crippen LogP contribution is 2.28. The molecule has 1 aromatic carbocycles. The van der Waals surface area contributed by atoms with Gasteiger partial charge in [0.15, 0.2) is 5.75 Å². The molecule has 0 aliphatic rings. The summed E-state index contributed by atoms with van der Waals surface area (Å²) in [5, 5.41) is 11.4. The Hall–Kier alpha value is -0.750. The molecule has 0 unspecified atom stereocenters. The van der Waals surface area contributed by atoms with Crippen molar-refractivity contribution in [3.05, 3.63) is 33.9 Å². The van der Waals surface area contributed by atoms with Gasteiger partial charge in [-0.1, -0.05) is 22.0 Å². The summed E-state index contributed by atoms with van der Waals surface area (Å²) in [6.07, 6.45) is 1.96. The second kappa shape index (κ2) is 6.75. The summed E-state index contributed by atoms with van der Waals surface area (Å²) in [6, 6.07) is 4.90. The van der Waals surface area contributed by atoms with Crippen LogP contribution in [0.2, 0.25) is 0 Å². The largest absolute Gasteiger partial charge is 0.486 e. The molecule has 16 heavy (non-hydrogen) atoms. The van der Waals surface area contributed by atoms with E-state index in [0.29, 0.717) is 17.7 Å². The van der Waals surface area contributed by atoms with Gasteiger partial charge >= 0.3 is 5.69 Å². The summed E-state index contributed by atoms with van der Waals surface area (Å²) >= 11 is 4.95. The number of thioether (sulfide) groups is 1. The van der Waals surface area contributed by atoms with E-state index in [2.05, 4.69) is 15.9 Å². The fraction of sp³-hybridized carbons (Fsp3) is 0.400. The Kier molecular flexibility index (Phi) is 5.62. The van der Waals surface area contributed by atoms with Gasteiger partial charge in [0.05, 0.1) is 11.5 Å². The topological polar surface area (TPSA) is 52.4 Å². The molecule has 0 N–H and O–H groups in total. The van der Waals surface area contributed by atoms with Gasteiger partial charge in [-0.05, 0) is 17.9 Å². The van der Waals surface area contributed by atoms with Crippen molar-refractivity contribution in [2.75, 3.05) is 18.6 Å². The van der Waals surface area contributed by atoms with Gasteiger partial charge in [-0.25, -0.2) is 0 Å². The first kappa shape index (κ1) is 13.3. The van der Waals surface area contributed by atoms with Gasteiger partial charge in [-0.15, -0.1) is 0 Å². The Morgan fingerprint density at radius 1 is 1.56 bits per heavy atom. The lowest BCUT2D eigenvalue weighted by atomic mass is 10.2. The van der Waals surface area contributed by atoms with Crippen LogP contribution in [0.4, 0.5) is 5.69 Å². The molecule has 1 aromatic rings. The molecule has 0 fully saturated rings. The van der Waals surface area contributed by atoms with Crippen LogP contribution in [0.1, 0.15) is 5.56 Å². The van der Waals surface area contributed by atoms with Gasteiger partial charge in [-0.3, -0.25) is 10.1 Å². The molecule has 0 radical (unpaired) electrons. The van der Waals surface area contributed by atoms with E-state index in [9.17, 15) is 10.1 Å². The summed E-state index contributed by atoms with van der Waals surface area (Å²) in [4.78, 5) is 10.3. The summed E-state index contributed by atoms with van der Waals surface area (Å²) in [7, 11) is 0. The van der Waals surface area contributed by atoms with E-state index in [1.54, 1.807) is 23.9 Å². The summed E-state index contributed by atoms with van der Waals surface area (Å²) in [6.45, 7) is 0.480. The maximum atomic E-state index is 10.8. The molecule has 0 heterocycles. The zero-order valence-corrected chi connectivity index (χ0v) is 11.2. The van der Waals surface area contributed by atoms with Crippen LogP contribution in [0.25, 0.3) is 0 Å².